The van der Waals surface area contributed by atoms with Gasteiger partial charge in [-0.15, -0.1) is 0 Å². The van der Waals surface area contributed by atoms with Gasteiger partial charge < -0.3 is 10.2 Å². The van der Waals surface area contributed by atoms with Crippen LogP contribution < -0.4 is 10.2 Å². The molecule has 0 aromatic heterocycles. The Balaban J connectivity index is 2.22. The van der Waals surface area contributed by atoms with Crippen LogP contribution in [0.15, 0.2) is 18.2 Å². The van der Waals surface area contributed by atoms with E-state index in [1.54, 1.807) is 12.1 Å². The number of benzene rings is 1. The lowest BCUT2D eigenvalue weighted by atomic mass is 9.92. The van der Waals surface area contributed by atoms with E-state index in [1.807, 2.05) is 6.07 Å². The lowest BCUT2D eigenvalue weighted by molar-refractivity contribution is 0.377. The van der Waals surface area contributed by atoms with Gasteiger partial charge in [-0.05, 0) is 56.0 Å². The van der Waals surface area contributed by atoms with Crippen LogP contribution in [0.1, 0.15) is 39.2 Å². The Morgan fingerprint density at radius 1 is 1.37 bits per heavy atom. The van der Waals surface area contributed by atoms with E-state index in [9.17, 15) is 4.39 Å². The van der Waals surface area contributed by atoms with Crippen LogP contribution in [-0.4, -0.2) is 19.1 Å². The van der Waals surface area contributed by atoms with E-state index in [2.05, 4.69) is 31.0 Å². The number of halogens is 1. The summed E-state index contributed by atoms with van der Waals surface area (Å²) in [6, 6.07) is 5.72. The van der Waals surface area contributed by atoms with Gasteiger partial charge in [0.25, 0.3) is 0 Å². The maximum absolute atomic E-state index is 13.5. The van der Waals surface area contributed by atoms with Crippen molar-refractivity contribution in [1.82, 2.24) is 5.32 Å². The molecule has 1 aromatic carbocycles. The summed E-state index contributed by atoms with van der Waals surface area (Å²) < 4.78 is 13.5. The Kier molecular flexibility index (Phi) is 4.81. The normalized spacial score (nSPS) is 23.7. The van der Waals surface area contributed by atoms with Crippen molar-refractivity contribution >= 4 is 5.69 Å². The monoisotopic (exact) mass is 264 g/mol. The SMILES string of the molecule is CCNCc1cc(F)ccc1N1CCC(C)CC1C. The van der Waals surface area contributed by atoms with Crippen molar-refractivity contribution in [1.29, 1.82) is 0 Å². The smallest absolute Gasteiger partial charge is 0.123 e. The zero-order valence-corrected chi connectivity index (χ0v) is 12.2. The predicted molar refractivity (Wildman–Crippen MR) is 79.0 cm³/mol. The molecule has 3 heteroatoms. The Morgan fingerprint density at radius 2 is 2.16 bits per heavy atom. The lowest BCUT2D eigenvalue weighted by Gasteiger charge is -2.39. The van der Waals surface area contributed by atoms with E-state index in [1.165, 1.54) is 18.5 Å². The van der Waals surface area contributed by atoms with Crippen LogP contribution in [0.5, 0.6) is 0 Å². The van der Waals surface area contributed by atoms with Crippen molar-refractivity contribution in [3.8, 4) is 0 Å². The summed E-state index contributed by atoms with van der Waals surface area (Å²) in [7, 11) is 0. The molecule has 2 nitrogen and oxygen atoms in total. The van der Waals surface area contributed by atoms with Gasteiger partial charge in [-0.3, -0.25) is 0 Å². The molecule has 1 aliphatic heterocycles. The molecule has 1 fully saturated rings. The highest BCUT2D eigenvalue weighted by Gasteiger charge is 2.24. The first kappa shape index (κ1) is 14.3. The van der Waals surface area contributed by atoms with Crippen LogP contribution >= 0.6 is 0 Å². The van der Waals surface area contributed by atoms with Gasteiger partial charge in [-0.2, -0.15) is 0 Å². The third-order valence-electron chi connectivity index (χ3n) is 4.05. The number of hydrogen-bond acceptors (Lipinski definition) is 2. The van der Waals surface area contributed by atoms with Crippen molar-refractivity contribution in [2.45, 2.75) is 46.2 Å². The fourth-order valence-electron chi connectivity index (χ4n) is 3.00. The van der Waals surface area contributed by atoms with Gasteiger partial charge in [0.05, 0.1) is 0 Å². The van der Waals surface area contributed by atoms with Gasteiger partial charge in [-0.25, -0.2) is 4.39 Å². The molecule has 0 bridgehead atoms. The largest absolute Gasteiger partial charge is 0.369 e. The summed E-state index contributed by atoms with van der Waals surface area (Å²) in [5, 5.41) is 3.30. The molecule has 1 saturated heterocycles. The topological polar surface area (TPSA) is 15.3 Å². The highest BCUT2D eigenvalue weighted by atomic mass is 19.1. The fraction of sp³-hybridized carbons (Fsp3) is 0.625. The van der Waals surface area contributed by atoms with Crippen molar-refractivity contribution in [3.05, 3.63) is 29.6 Å². The van der Waals surface area contributed by atoms with Crippen LogP contribution in [0.4, 0.5) is 10.1 Å². The summed E-state index contributed by atoms with van der Waals surface area (Å²) in [6.45, 7) is 9.39. The van der Waals surface area contributed by atoms with Gasteiger partial charge >= 0.3 is 0 Å². The van der Waals surface area contributed by atoms with Gasteiger partial charge in [-0.1, -0.05) is 13.8 Å². The first-order valence-corrected chi connectivity index (χ1v) is 7.37. The van der Waals surface area contributed by atoms with E-state index < -0.39 is 0 Å². The summed E-state index contributed by atoms with van der Waals surface area (Å²) in [5.74, 6) is 0.651. The van der Waals surface area contributed by atoms with Crippen molar-refractivity contribution < 1.29 is 4.39 Å². The molecular weight excluding hydrogens is 239 g/mol. The molecule has 2 rings (SSSR count). The van der Waals surface area contributed by atoms with Crippen LogP contribution in [0.25, 0.3) is 0 Å². The molecule has 0 saturated carbocycles. The molecule has 0 amide bonds. The maximum Gasteiger partial charge on any atom is 0.123 e. The summed E-state index contributed by atoms with van der Waals surface area (Å²) in [4.78, 5) is 2.44. The third kappa shape index (κ3) is 3.47. The second-order valence-corrected chi connectivity index (χ2v) is 5.73. The average Bonchev–Trinajstić information content (AvgIpc) is 2.37. The Labute approximate surface area is 116 Å². The Morgan fingerprint density at radius 3 is 2.84 bits per heavy atom. The van der Waals surface area contributed by atoms with Gasteiger partial charge in [0.1, 0.15) is 5.82 Å². The minimum Gasteiger partial charge on any atom is -0.369 e. The first-order valence-electron chi connectivity index (χ1n) is 7.37. The third-order valence-corrected chi connectivity index (χ3v) is 4.05. The highest BCUT2D eigenvalue weighted by molar-refractivity contribution is 5.55. The second-order valence-electron chi connectivity index (χ2n) is 5.73. The second kappa shape index (κ2) is 6.38. The van der Waals surface area contributed by atoms with Crippen LogP contribution in [0.2, 0.25) is 0 Å². The van der Waals surface area contributed by atoms with E-state index in [0.717, 1.165) is 31.1 Å². The molecular formula is C16H25FN2. The minimum atomic E-state index is -0.144. The molecule has 2 unspecified atom stereocenters. The average molecular weight is 264 g/mol. The Bertz CT molecular complexity index is 419. The number of hydrogen-bond donors (Lipinski definition) is 1. The molecule has 0 radical (unpaired) electrons. The molecule has 106 valence electrons. The fourth-order valence-corrected chi connectivity index (χ4v) is 3.00. The van der Waals surface area contributed by atoms with Gasteiger partial charge in [0.2, 0.25) is 0 Å². The Hall–Kier alpha value is -1.09. The molecule has 0 spiro atoms. The van der Waals surface area contributed by atoms with Gasteiger partial charge in [0.15, 0.2) is 0 Å². The standard InChI is InChI=1S/C16H25FN2/c1-4-18-11-14-10-15(17)5-6-16(14)19-8-7-12(2)9-13(19)3/h5-6,10,12-13,18H,4,7-9,11H2,1-3H3. The predicted octanol–water partition coefficient (Wildman–Crippen LogP) is 3.56. The number of rotatable bonds is 4. The van der Waals surface area contributed by atoms with Crippen LogP contribution in [0, 0.1) is 11.7 Å². The van der Waals surface area contributed by atoms with Gasteiger partial charge in [0, 0.05) is 24.8 Å². The van der Waals surface area contributed by atoms with Crippen LogP contribution in [-0.2, 0) is 6.54 Å². The molecule has 1 aromatic rings. The van der Waals surface area contributed by atoms with E-state index in [0.29, 0.717) is 6.04 Å². The van der Waals surface area contributed by atoms with Crippen molar-refractivity contribution in [2.24, 2.45) is 5.92 Å². The number of piperidine rings is 1. The molecule has 2 atom stereocenters. The summed E-state index contributed by atoms with van der Waals surface area (Å²) >= 11 is 0. The van der Waals surface area contributed by atoms with Crippen LogP contribution in [0.3, 0.4) is 0 Å². The molecule has 1 heterocycles. The number of nitrogens with zero attached hydrogens (tertiary/aromatic N) is 1. The lowest BCUT2D eigenvalue weighted by Crippen LogP contribution is -2.41. The summed E-state index contributed by atoms with van der Waals surface area (Å²) in [6.07, 6.45) is 2.44. The van der Waals surface area contributed by atoms with E-state index in [-0.39, 0.29) is 5.82 Å². The first-order chi connectivity index (χ1) is 9.11. The molecule has 19 heavy (non-hydrogen) atoms. The van der Waals surface area contributed by atoms with Crippen molar-refractivity contribution in [2.75, 3.05) is 18.0 Å². The highest BCUT2D eigenvalue weighted by Crippen LogP contribution is 2.30. The zero-order chi connectivity index (χ0) is 13.8. The van der Waals surface area contributed by atoms with Crippen molar-refractivity contribution in [3.63, 3.8) is 0 Å². The quantitative estimate of drug-likeness (QED) is 0.894. The number of anilines is 1. The number of nitrogens with one attached hydrogen (secondary N) is 1. The zero-order valence-electron chi connectivity index (χ0n) is 12.2. The van der Waals surface area contributed by atoms with E-state index in [4.69, 9.17) is 0 Å². The summed E-state index contributed by atoms with van der Waals surface area (Å²) in [5.41, 5.74) is 2.27. The molecule has 1 N–H and O–H groups in total. The minimum absolute atomic E-state index is 0.144. The molecule has 1 aliphatic rings. The van der Waals surface area contributed by atoms with E-state index >= 15 is 0 Å². The maximum atomic E-state index is 13.5. The molecule has 0 aliphatic carbocycles.